The van der Waals surface area contributed by atoms with E-state index in [1.165, 1.54) is 11.3 Å². The van der Waals surface area contributed by atoms with Crippen LogP contribution in [0.1, 0.15) is 21.8 Å². The summed E-state index contributed by atoms with van der Waals surface area (Å²) >= 11 is 1.50. The standard InChI is InChI=1S/C13H20N4OS/c1-9-10-8-11(19-13(10)17(4)15-9)12(18)14-6-5-7-16(2)3/h8H,5-7H2,1-4H3,(H,14,18). The van der Waals surface area contributed by atoms with Gasteiger partial charge in [0.2, 0.25) is 0 Å². The third-order valence-electron chi connectivity index (χ3n) is 2.99. The monoisotopic (exact) mass is 280 g/mol. The Labute approximate surface area is 117 Å². The molecule has 0 aliphatic heterocycles. The Morgan fingerprint density at radius 3 is 2.89 bits per heavy atom. The van der Waals surface area contributed by atoms with Gasteiger partial charge in [-0.3, -0.25) is 9.48 Å². The van der Waals surface area contributed by atoms with Crippen molar-refractivity contribution >= 4 is 27.5 Å². The molecule has 0 fully saturated rings. The Kier molecular flexibility index (Phi) is 4.21. The molecule has 6 heteroatoms. The Bertz CT molecular complexity index is 550. The highest BCUT2D eigenvalue weighted by Crippen LogP contribution is 2.27. The zero-order valence-electron chi connectivity index (χ0n) is 11.9. The molecule has 0 radical (unpaired) electrons. The number of thiophene rings is 1. The van der Waals surface area contributed by atoms with Crippen LogP contribution in [0.5, 0.6) is 0 Å². The summed E-state index contributed by atoms with van der Waals surface area (Å²) in [5.74, 6) is 0.0133. The molecule has 0 atom stereocenters. The van der Waals surface area contributed by atoms with Gasteiger partial charge in [-0.25, -0.2) is 0 Å². The van der Waals surface area contributed by atoms with Crippen LogP contribution in [0.25, 0.3) is 10.2 Å². The number of hydrogen-bond donors (Lipinski definition) is 1. The average molecular weight is 280 g/mol. The van der Waals surface area contributed by atoms with Crippen molar-refractivity contribution < 1.29 is 4.79 Å². The third kappa shape index (κ3) is 3.13. The Balaban J connectivity index is 1.99. The fourth-order valence-electron chi connectivity index (χ4n) is 2.00. The molecule has 5 nitrogen and oxygen atoms in total. The Morgan fingerprint density at radius 2 is 2.26 bits per heavy atom. The van der Waals surface area contributed by atoms with Gasteiger partial charge < -0.3 is 10.2 Å². The summed E-state index contributed by atoms with van der Waals surface area (Å²) in [6.07, 6.45) is 0.963. The number of aromatic nitrogens is 2. The van der Waals surface area contributed by atoms with E-state index in [0.717, 1.165) is 33.8 Å². The normalized spacial score (nSPS) is 11.4. The van der Waals surface area contributed by atoms with Crippen LogP contribution in [0.4, 0.5) is 0 Å². The number of amides is 1. The van der Waals surface area contributed by atoms with Gasteiger partial charge in [0.25, 0.3) is 5.91 Å². The molecule has 1 N–H and O–H groups in total. The summed E-state index contributed by atoms with van der Waals surface area (Å²) in [5.41, 5.74) is 0.973. The quantitative estimate of drug-likeness (QED) is 0.847. The minimum atomic E-state index is 0.0133. The van der Waals surface area contributed by atoms with E-state index in [9.17, 15) is 4.79 Å². The van der Waals surface area contributed by atoms with Gasteiger partial charge in [0.05, 0.1) is 10.6 Å². The summed E-state index contributed by atoms with van der Waals surface area (Å²) < 4.78 is 1.83. The molecule has 19 heavy (non-hydrogen) atoms. The lowest BCUT2D eigenvalue weighted by Gasteiger charge is -2.09. The van der Waals surface area contributed by atoms with Gasteiger partial charge in [0.1, 0.15) is 4.83 Å². The van der Waals surface area contributed by atoms with Gasteiger partial charge in [-0.15, -0.1) is 11.3 Å². The molecule has 0 aliphatic rings. The number of fused-ring (bicyclic) bond motifs is 1. The van der Waals surface area contributed by atoms with Gasteiger partial charge in [0, 0.05) is 19.0 Å². The van der Waals surface area contributed by atoms with E-state index in [1.807, 2.05) is 38.8 Å². The molecule has 1 amide bonds. The molecule has 0 saturated carbocycles. The van der Waals surface area contributed by atoms with Crippen molar-refractivity contribution in [2.24, 2.45) is 7.05 Å². The molecule has 0 saturated heterocycles. The second kappa shape index (κ2) is 5.71. The van der Waals surface area contributed by atoms with E-state index >= 15 is 0 Å². The lowest BCUT2D eigenvalue weighted by molar-refractivity contribution is 0.0956. The number of aryl methyl sites for hydroxylation is 2. The number of carbonyl (C=O) groups is 1. The van der Waals surface area contributed by atoms with Crippen LogP contribution in [-0.4, -0.2) is 47.8 Å². The van der Waals surface area contributed by atoms with Crippen molar-refractivity contribution in [3.63, 3.8) is 0 Å². The first-order valence-electron chi connectivity index (χ1n) is 6.35. The fourth-order valence-corrected chi connectivity index (χ4v) is 3.04. The second-order valence-electron chi connectivity index (χ2n) is 4.95. The lowest BCUT2D eigenvalue weighted by Crippen LogP contribution is -2.26. The van der Waals surface area contributed by atoms with E-state index in [2.05, 4.69) is 15.3 Å². The minimum absolute atomic E-state index is 0.0133. The van der Waals surface area contributed by atoms with Crippen LogP contribution in [-0.2, 0) is 7.05 Å². The van der Waals surface area contributed by atoms with Gasteiger partial charge >= 0.3 is 0 Å². The molecule has 2 aromatic heterocycles. The maximum absolute atomic E-state index is 12.0. The molecule has 0 aromatic carbocycles. The molecule has 2 aromatic rings. The van der Waals surface area contributed by atoms with Crippen LogP contribution < -0.4 is 5.32 Å². The highest BCUT2D eigenvalue weighted by Gasteiger charge is 2.14. The topological polar surface area (TPSA) is 50.2 Å². The summed E-state index contributed by atoms with van der Waals surface area (Å²) in [6, 6.07) is 1.93. The van der Waals surface area contributed by atoms with Crippen molar-refractivity contribution in [2.75, 3.05) is 27.2 Å². The van der Waals surface area contributed by atoms with Crippen LogP contribution in [0.3, 0.4) is 0 Å². The smallest absolute Gasteiger partial charge is 0.261 e. The van der Waals surface area contributed by atoms with E-state index < -0.39 is 0 Å². The molecule has 0 unspecified atom stereocenters. The van der Waals surface area contributed by atoms with Crippen molar-refractivity contribution in [1.29, 1.82) is 0 Å². The zero-order chi connectivity index (χ0) is 14.0. The van der Waals surface area contributed by atoms with E-state index in [-0.39, 0.29) is 5.91 Å². The van der Waals surface area contributed by atoms with Crippen molar-refractivity contribution in [1.82, 2.24) is 20.0 Å². The van der Waals surface area contributed by atoms with Gasteiger partial charge in [0.15, 0.2) is 0 Å². The minimum Gasteiger partial charge on any atom is -0.351 e. The molecule has 2 rings (SSSR count). The second-order valence-corrected chi connectivity index (χ2v) is 5.98. The number of carbonyl (C=O) groups excluding carboxylic acids is 1. The number of nitrogens with one attached hydrogen (secondary N) is 1. The van der Waals surface area contributed by atoms with Crippen molar-refractivity contribution in [3.05, 3.63) is 16.6 Å². The highest BCUT2D eigenvalue weighted by molar-refractivity contribution is 7.20. The zero-order valence-corrected chi connectivity index (χ0v) is 12.7. The molecule has 104 valence electrons. The number of nitrogens with zero attached hydrogens (tertiary/aromatic N) is 3. The van der Waals surface area contributed by atoms with E-state index in [4.69, 9.17) is 0 Å². The third-order valence-corrected chi connectivity index (χ3v) is 4.19. The summed E-state index contributed by atoms with van der Waals surface area (Å²) in [6.45, 7) is 3.66. The van der Waals surface area contributed by atoms with Gasteiger partial charge in [-0.2, -0.15) is 5.10 Å². The first-order chi connectivity index (χ1) is 8.99. The SMILES string of the molecule is Cc1nn(C)c2sc(C(=O)NCCCN(C)C)cc12. The van der Waals surface area contributed by atoms with Crippen molar-refractivity contribution in [3.8, 4) is 0 Å². The predicted molar refractivity (Wildman–Crippen MR) is 78.8 cm³/mol. The van der Waals surface area contributed by atoms with Crippen LogP contribution in [0.15, 0.2) is 6.07 Å². The first kappa shape index (κ1) is 14.0. The first-order valence-corrected chi connectivity index (χ1v) is 7.16. The summed E-state index contributed by atoms with van der Waals surface area (Å²) in [5, 5.41) is 8.37. The van der Waals surface area contributed by atoms with Gasteiger partial charge in [-0.05, 0) is 40.1 Å². The molecular weight excluding hydrogens is 260 g/mol. The summed E-state index contributed by atoms with van der Waals surface area (Å²) in [4.78, 5) is 16.0. The van der Waals surface area contributed by atoms with E-state index in [0.29, 0.717) is 6.54 Å². The van der Waals surface area contributed by atoms with Gasteiger partial charge in [-0.1, -0.05) is 0 Å². The molecule has 0 bridgehead atoms. The maximum Gasteiger partial charge on any atom is 0.261 e. The van der Waals surface area contributed by atoms with Crippen molar-refractivity contribution in [2.45, 2.75) is 13.3 Å². The maximum atomic E-state index is 12.0. The van der Waals surface area contributed by atoms with Crippen LogP contribution >= 0.6 is 11.3 Å². The average Bonchev–Trinajstić information content (AvgIpc) is 2.88. The Hall–Kier alpha value is -1.40. The predicted octanol–water partition coefficient (Wildman–Crippen LogP) is 1.62. The number of rotatable bonds is 5. The molecule has 0 spiro atoms. The molecular formula is C13H20N4OS. The largest absolute Gasteiger partial charge is 0.351 e. The number of hydrogen-bond acceptors (Lipinski definition) is 4. The highest BCUT2D eigenvalue weighted by atomic mass is 32.1. The fraction of sp³-hybridized carbons (Fsp3) is 0.538. The molecule has 2 heterocycles. The van der Waals surface area contributed by atoms with Crippen LogP contribution in [0.2, 0.25) is 0 Å². The van der Waals surface area contributed by atoms with E-state index in [1.54, 1.807) is 0 Å². The summed E-state index contributed by atoms with van der Waals surface area (Å²) in [7, 11) is 5.97. The Morgan fingerprint density at radius 1 is 1.53 bits per heavy atom. The van der Waals surface area contributed by atoms with Crippen LogP contribution in [0, 0.1) is 6.92 Å². The lowest BCUT2D eigenvalue weighted by atomic mass is 10.3. The molecule has 0 aliphatic carbocycles.